The Morgan fingerprint density at radius 2 is 2.33 bits per heavy atom. The van der Waals surface area contributed by atoms with Crippen LogP contribution in [-0.4, -0.2) is 5.54 Å². The maximum atomic E-state index is 10.3. The third-order valence-corrected chi connectivity index (χ3v) is 1.49. The highest BCUT2D eigenvalue weighted by atomic mass is 16.5. The van der Waals surface area contributed by atoms with Crippen molar-refractivity contribution in [1.29, 1.82) is 0 Å². The molecule has 9 heavy (non-hydrogen) atoms. The molecular weight excluding hydrogens is 114 g/mol. The molecule has 1 N–H and O–H groups in total. The molecule has 0 bridgehead atoms. The molecule has 1 unspecified atom stereocenters. The lowest BCUT2D eigenvalue weighted by Gasteiger charge is -2.31. The van der Waals surface area contributed by atoms with Gasteiger partial charge in [0.05, 0.1) is 0 Å². The van der Waals surface area contributed by atoms with E-state index in [2.05, 4.69) is 0 Å². The van der Waals surface area contributed by atoms with E-state index in [9.17, 15) is 5.21 Å². The van der Waals surface area contributed by atoms with Gasteiger partial charge in [0.1, 0.15) is 0 Å². The van der Waals surface area contributed by atoms with Gasteiger partial charge in [-0.2, -0.15) is 0 Å². The molecule has 50 valence electrons. The van der Waals surface area contributed by atoms with Crippen molar-refractivity contribution in [1.82, 2.24) is 5.48 Å². The van der Waals surface area contributed by atoms with Crippen molar-refractivity contribution < 1.29 is 0 Å². The van der Waals surface area contributed by atoms with E-state index >= 15 is 0 Å². The Balaban J connectivity index is 2.63. The largest absolute Gasteiger partial charge is 0.787 e. The number of allylic oxidation sites excluding steroid dienone is 2. The lowest BCUT2D eigenvalue weighted by molar-refractivity contribution is 0.504. The summed E-state index contributed by atoms with van der Waals surface area (Å²) in [5, 5.41) is 10.3. The van der Waals surface area contributed by atoms with Crippen molar-refractivity contribution in [2.45, 2.75) is 18.9 Å². The summed E-state index contributed by atoms with van der Waals surface area (Å²) in [6.45, 7) is 1.88. The smallest absolute Gasteiger partial charge is 0.0260 e. The van der Waals surface area contributed by atoms with E-state index in [1.165, 1.54) is 0 Å². The van der Waals surface area contributed by atoms with Crippen LogP contribution >= 0.6 is 0 Å². The highest BCUT2D eigenvalue weighted by Gasteiger charge is 2.14. The molecule has 2 heteroatoms. The molecule has 0 radical (unpaired) electrons. The minimum absolute atomic E-state index is 0.352. The molecule has 1 aliphatic rings. The molecule has 1 aliphatic carbocycles. The average Bonchev–Trinajstić information content (AvgIpc) is 1.90. The van der Waals surface area contributed by atoms with E-state index in [-0.39, 0.29) is 5.54 Å². The van der Waals surface area contributed by atoms with Crippen molar-refractivity contribution in [3.63, 3.8) is 0 Å². The van der Waals surface area contributed by atoms with Gasteiger partial charge in [0.15, 0.2) is 0 Å². The molecule has 0 aromatic heterocycles. The first kappa shape index (κ1) is 6.52. The molecule has 0 amide bonds. The number of rotatable bonds is 1. The van der Waals surface area contributed by atoms with Gasteiger partial charge in [-0.05, 0) is 13.3 Å². The van der Waals surface area contributed by atoms with E-state index in [1.807, 2.05) is 36.7 Å². The molecule has 0 spiro atoms. The van der Waals surface area contributed by atoms with Gasteiger partial charge in [-0.3, -0.25) is 0 Å². The Morgan fingerprint density at radius 1 is 1.56 bits per heavy atom. The summed E-state index contributed by atoms with van der Waals surface area (Å²) < 4.78 is 0. The van der Waals surface area contributed by atoms with Gasteiger partial charge in [0.2, 0.25) is 0 Å². The van der Waals surface area contributed by atoms with E-state index in [1.54, 1.807) is 0 Å². The first-order chi connectivity index (χ1) is 4.27. The monoisotopic (exact) mass is 124 g/mol. The Hall–Kier alpha value is -0.600. The normalized spacial score (nSPS) is 33.1. The van der Waals surface area contributed by atoms with E-state index < -0.39 is 0 Å². The fraction of sp³-hybridized carbons (Fsp3) is 0.429. The van der Waals surface area contributed by atoms with Crippen LogP contribution in [0, 0.1) is 5.21 Å². The average molecular weight is 124 g/mol. The van der Waals surface area contributed by atoms with Crippen molar-refractivity contribution in [3.05, 3.63) is 29.5 Å². The molecule has 0 aromatic carbocycles. The Morgan fingerprint density at radius 3 is 2.67 bits per heavy atom. The van der Waals surface area contributed by atoms with Gasteiger partial charge in [-0.25, -0.2) is 0 Å². The Bertz CT molecular complexity index is 151. The van der Waals surface area contributed by atoms with Crippen LogP contribution in [-0.2, 0) is 0 Å². The fourth-order valence-electron chi connectivity index (χ4n) is 0.803. The summed E-state index contributed by atoms with van der Waals surface area (Å²) in [7, 11) is 0. The van der Waals surface area contributed by atoms with Crippen LogP contribution in [0.2, 0.25) is 0 Å². The van der Waals surface area contributed by atoms with Gasteiger partial charge >= 0.3 is 0 Å². The van der Waals surface area contributed by atoms with Crippen molar-refractivity contribution >= 4 is 0 Å². The Kier molecular flexibility index (Phi) is 1.69. The zero-order chi connectivity index (χ0) is 6.74. The lowest BCUT2D eigenvalue weighted by atomic mass is 9.95. The zero-order valence-electron chi connectivity index (χ0n) is 5.42. The summed E-state index contributed by atoms with van der Waals surface area (Å²) in [4.78, 5) is 0. The second-order valence-corrected chi connectivity index (χ2v) is 2.51. The molecule has 1 atom stereocenters. The number of hydrogen-bond acceptors (Lipinski definition) is 2. The van der Waals surface area contributed by atoms with Gasteiger partial charge in [-0.1, -0.05) is 24.3 Å². The third kappa shape index (κ3) is 1.40. The molecule has 0 saturated heterocycles. The molecule has 0 saturated carbocycles. The van der Waals surface area contributed by atoms with Crippen LogP contribution in [0.1, 0.15) is 13.3 Å². The molecule has 0 aliphatic heterocycles. The summed E-state index contributed by atoms with van der Waals surface area (Å²) in [5.41, 5.74) is 1.64. The van der Waals surface area contributed by atoms with Crippen LogP contribution in [0.25, 0.3) is 0 Å². The highest BCUT2D eigenvalue weighted by molar-refractivity contribution is 5.19. The van der Waals surface area contributed by atoms with Crippen LogP contribution in [0.5, 0.6) is 0 Å². The van der Waals surface area contributed by atoms with E-state index in [0.717, 1.165) is 6.42 Å². The van der Waals surface area contributed by atoms with Crippen LogP contribution in [0.15, 0.2) is 24.3 Å². The second kappa shape index (κ2) is 2.33. The van der Waals surface area contributed by atoms with Gasteiger partial charge in [-0.15, -0.1) is 0 Å². The lowest BCUT2D eigenvalue weighted by Crippen LogP contribution is -2.36. The number of hydrogen-bond donors (Lipinski definition) is 1. The van der Waals surface area contributed by atoms with E-state index in [0.29, 0.717) is 0 Å². The van der Waals surface area contributed by atoms with E-state index in [4.69, 9.17) is 0 Å². The fourth-order valence-corrected chi connectivity index (χ4v) is 0.803. The highest BCUT2D eigenvalue weighted by Crippen LogP contribution is 2.15. The zero-order valence-corrected chi connectivity index (χ0v) is 5.42. The molecule has 0 heterocycles. The van der Waals surface area contributed by atoms with Crippen LogP contribution in [0.3, 0.4) is 0 Å². The first-order valence-electron chi connectivity index (χ1n) is 3.00. The van der Waals surface area contributed by atoms with Crippen molar-refractivity contribution in [2.24, 2.45) is 0 Å². The minimum atomic E-state index is -0.352. The molecule has 0 fully saturated rings. The topological polar surface area (TPSA) is 35.1 Å². The first-order valence-corrected chi connectivity index (χ1v) is 3.00. The van der Waals surface area contributed by atoms with Crippen molar-refractivity contribution in [2.75, 3.05) is 0 Å². The summed E-state index contributed by atoms with van der Waals surface area (Å²) in [6.07, 6.45) is 8.46. The molecular formula is C7H10NO-. The predicted molar refractivity (Wildman–Crippen MR) is 37.8 cm³/mol. The van der Waals surface area contributed by atoms with Crippen LogP contribution in [0.4, 0.5) is 0 Å². The maximum Gasteiger partial charge on any atom is 0.0260 e. The third-order valence-electron chi connectivity index (χ3n) is 1.49. The standard InChI is InChI=1S/C7H10NO/c1-7(8-9)5-3-2-4-6-7/h2-5,8H,6H2,1H3/q-1. The minimum Gasteiger partial charge on any atom is -0.787 e. The SMILES string of the molecule is CC1(N[O-])C=CC=CC1. The van der Waals surface area contributed by atoms with Crippen molar-refractivity contribution in [3.8, 4) is 0 Å². The summed E-state index contributed by atoms with van der Waals surface area (Å²) in [6, 6.07) is 0. The quantitative estimate of drug-likeness (QED) is 0.535. The molecule has 2 nitrogen and oxygen atoms in total. The Labute approximate surface area is 54.8 Å². The van der Waals surface area contributed by atoms with Gasteiger partial charge in [0, 0.05) is 5.54 Å². The van der Waals surface area contributed by atoms with Gasteiger partial charge in [0.25, 0.3) is 0 Å². The predicted octanol–water partition coefficient (Wildman–Crippen LogP) is 1.35. The summed E-state index contributed by atoms with van der Waals surface area (Å²) in [5.74, 6) is 0. The molecule has 0 aromatic rings. The number of hydroxylamine groups is 1. The van der Waals surface area contributed by atoms with Gasteiger partial charge < -0.3 is 10.7 Å². The second-order valence-electron chi connectivity index (χ2n) is 2.51. The van der Waals surface area contributed by atoms with Crippen LogP contribution < -0.4 is 5.48 Å². The summed E-state index contributed by atoms with van der Waals surface area (Å²) >= 11 is 0. The number of nitrogens with one attached hydrogen (secondary N) is 1. The maximum absolute atomic E-state index is 10.3. The molecule has 1 rings (SSSR count).